The van der Waals surface area contributed by atoms with E-state index >= 15 is 0 Å². The lowest BCUT2D eigenvalue weighted by atomic mass is 9.75. The monoisotopic (exact) mass is 919 g/mol. The number of carbonyl (C=O) groups is 4. The molecule has 2 N–H and O–H groups in total. The number of carbonyl (C=O) groups excluding carboxylic acids is 4. The van der Waals surface area contributed by atoms with E-state index in [-0.39, 0.29) is 38.4 Å². The van der Waals surface area contributed by atoms with Crippen LogP contribution in [-0.2, 0) is 38.0 Å². The van der Waals surface area contributed by atoms with Gasteiger partial charge in [-0.1, -0.05) is 49.6 Å². The number of rotatable bonds is 32. The third kappa shape index (κ3) is 18.7. The van der Waals surface area contributed by atoms with E-state index in [0.717, 1.165) is 62.2 Å². The zero-order chi connectivity index (χ0) is 46.9. The summed E-state index contributed by atoms with van der Waals surface area (Å²) in [7, 11) is 0. The number of ether oxygens (including phenoxy) is 8. The van der Waals surface area contributed by atoms with Crippen molar-refractivity contribution in [1.29, 1.82) is 0 Å². The second-order valence-electron chi connectivity index (χ2n) is 18.2. The van der Waals surface area contributed by atoms with Crippen LogP contribution in [-0.4, -0.2) is 102 Å². The van der Waals surface area contributed by atoms with Gasteiger partial charge in [0.2, 0.25) is 0 Å². The molecule has 3 aliphatic rings. The number of benzene rings is 2. The van der Waals surface area contributed by atoms with Crippen LogP contribution in [0.4, 0.5) is 9.59 Å². The van der Waals surface area contributed by atoms with Gasteiger partial charge >= 0.3 is 24.1 Å². The van der Waals surface area contributed by atoms with Crippen LogP contribution in [0.1, 0.15) is 90.9 Å². The lowest BCUT2D eigenvalue weighted by Crippen LogP contribution is -2.35. The first-order chi connectivity index (χ1) is 32.0. The average Bonchev–Trinajstić information content (AvgIpc) is 4.03. The van der Waals surface area contributed by atoms with E-state index in [1.165, 1.54) is 25.7 Å². The third-order valence-corrected chi connectivity index (χ3v) is 12.9. The summed E-state index contributed by atoms with van der Waals surface area (Å²) >= 11 is 0. The molecular formula is C52H74N2O12. The van der Waals surface area contributed by atoms with E-state index in [0.29, 0.717) is 86.8 Å². The summed E-state index contributed by atoms with van der Waals surface area (Å²) in [5.41, 5.74) is 0.758. The van der Waals surface area contributed by atoms with Crippen LogP contribution in [0.5, 0.6) is 11.5 Å². The van der Waals surface area contributed by atoms with Crippen molar-refractivity contribution in [3.05, 3.63) is 85.0 Å². The molecule has 0 saturated heterocycles. The van der Waals surface area contributed by atoms with E-state index in [2.05, 4.69) is 23.8 Å². The highest BCUT2D eigenvalue weighted by molar-refractivity contribution is 5.87. The number of nitrogens with one attached hydrogen (secondary N) is 2. The molecule has 0 aliphatic heterocycles. The molecule has 0 aromatic heterocycles. The summed E-state index contributed by atoms with van der Waals surface area (Å²) in [6, 6.07) is 18.9. The van der Waals surface area contributed by atoms with Crippen molar-refractivity contribution in [2.45, 2.75) is 103 Å². The van der Waals surface area contributed by atoms with Crippen LogP contribution in [0.2, 0.25) is 0 Å². The first kappa shape index (κ1) is 51.9. The van der Waals surface area contributed by atoms with Crippen molar-refractivity contribution in [2.75, 3.05) is 65.9 Å². The summed E-state index contributed by atoms with van der Waals surface area (Å²) in [6.07, 6.45) is 9.30. The van der Waals surface area contributed by atoms with Crippen molar-refractivity contribution in [3.8, 4) is 11.5 Å². The summed E-state index contributed by atoms with van der Waals surface area (Å²) in [5.74, 6) is 4.90. The lowest BCUT2D eigenvalue weighted by Gasteiger charge is -2.31. The molecular weight excluding hydrogens is 845 g/mol. The quantitative estimate of drug-likeness (QED) is 0.0310. The Morgan fingerprint density at radius 3 is 1.55 bits per heavy atom. The minimum Gasteiger partial charge on any atom is -0.490 e. The normalized spacial score (nSPS) is 21.2. The Balaban J connectivity index is 0.975. The fourth-order valence-electron chi connectivity index (χ4n) is 9.60. The molecule has 0 heterocycles. The van der Waals surface area contributed by atoms with Crippen molar-refractivity contribution >= 4 is 24.1 Å². The third-order valence-electron chi connectivity index (χ3n) is 12.9. The molecule has 14 heteroatoms. The van der Waals surface area contributed by atoms with Crippen LogP contribution in [0.3, 0.4) is 0 Å². The average molecular weight is 919 g/mol. The molecule has 2 aromatic carbocycles. The van der Waals surface area contributed by atoms with Gasteiger partial charge in [0, 0.05) is 37.4 Å². The second-order valence-corrected chi connectivity index (χ2v) is 18.2. The zero-order valence-corrected chi connectivity index (χ0v) is 39.3. The number of alkyl carbamates (subject to hydrolysis) is 2. The van der Waals surface area contributed by atoms with Gasteiger partial charge in [-0.2, -0.15) is 0 Å². The van der Waals surface area contributed by atoms with Gasteiger partial charge in [-0.3, -0.25) is 0 Å². The molecule has 8 unspecified atom stereocenters. The first-order valence-electron chi connectivity index (χ1n) is 24.1. The van der Waals surface area contributed by atoms with Gasteiger partial charge in [0.1, 0.15) is 24.7 Å². The Labute approximate surface area is 391 Å². The predicted octanol–water partition coefficient (Wildman–Crippen LogP) is 9.03. The molecule has 0 radical (unpaired) electrons. The van der Waals surface area contributed by atoms with Crippen LogP contribution < -0.4 is 20.1 Å². The lowest BCUT2D eigenvalue weighted by molar-refractivity contribution is -0.139. The van der Waals surface area contributed by atoms with Crippen LogP contribution in [0, 0.1) is 35.5 Å². The molecule has 8 atom stereocenters. The summed E-state index contributed by atoms with van der Waals surface area (Å²) in [6.45, 7) is 14.0. The van der Waals surface area contributed by atoms with E-state index in [4.69, 9.17) is 37.9 Å². The molecule has 5 rings (SSSR count). The van der Waals surface area contributed by atoms with Crippen LogP contribution in [0.15, 0.2) is 85.0 Å². The fraction of sp³-hybridized carbons (Fsp3) is 0.615. The number of unbranched alkanes of at least 4 members (excludes halogenated alkanes) is 4. The Morgan fingerprint density at radius 2 is 1.05 bits per heavy atom. The van der Waals surface area contributed by atoms with Gasteiger partial charge < -0.3 is 48.5 Å². The van der Waals surface area contributed by atoms with Gasteiger partial charge in [-0.05, 0) is 151 Å². The van der Waals surface area contributed by atoms with Crippen LogP contribution in [0.25, 0.3) is 0 Å². The molecule has 14 nitrogen and oxygen atoms in total. The predicted molar refractivity (Wildman–Crippen MR) is 250 cm³/mol. The zero-order valence-electron chi connectivity index (χ0n) is 39.3. The standard InChI is InChI=1S/C52H74N2O12/c1-37(2)49(55)61-25-15-7-13-23-53-51(57)65-44(35-63-42-17-9-5-10-18-42)33-59-27-21-39-29-46-41-31-40(47(32-41)48(46)30-39)22-28-60-34-45(36-64-43-19-11-6-12-20-43)66-52(58)54-24-14-8-16-26-62-50(56)38(3)4/h5-6,9-12,17-20,39-41,44-48H,1,3,7-8,13-16,21-36H2,2,4H3,(H,53,57)(H,54,58). The molecule has 2 bridgehead atoms. The Hall–Kier alpha value is -5.08. The molecule has 2 amide bonds. The molecule has 364 valence electrons. The van der Waals surface area contributed by atoms with Gasteiger partial charge in [0.05, 0.1) is 26.4 Å². The maximum atomic E-state index is 12.7. The van der Waals surface area contributed by atoms with E-state index in [1.807, 2.05) is 60.7 Å². The summed E-state index contributed by atoms with van der Waals surface area (Å²) in [4.78, 5) is 48.5. The first-order valence-corrected chi connectivity index (χ1v) is 24.1. The van der Waals surface area contributed by atoms with Gasteiger partial charge in [-0.25, -0.2) is 19.2 Å². The minimum atomic E-state index is -0.571. The highest BCUT2D eigenvalue weighted by Gasteiger charge is 2.55. The fourth-order valence-corrected chi connectivity index (χ4v) is 9.60. The summed E-state index contributed by atoms with van der Waals surface area (Å²) < 4.78 is 46.0. The molecule has 2 aromatic rings. The maximum absolute atomic E-state index is 12.7. The molecule has 3 fully saturated rings. The Morgan fingerprint density at radius 1 is 0.561 bits per heavy atom. The van der Waals surface area contributed by atoms with Gasteiger partial charge in [0.25, 0.3) is 0 Å². The molecule has 0 spiro atoms. The topological polar surface area (TPSA) is 166 Å². The highest BCUT2D eigenvalue weighted by atomic mass is 16.6. The van der Waals surface area contributed by atoms with E-state index in [9.17, 15) is 19.2 Å². The molecule has 3 aliphatic carbocycles. The number of fused-ring (bicyclic) bond motifs is 5. The van der Waals surface area contributed by atoms with Gasteiger partial charge in [0.15, 0.2) is 12.2 Å². The van der Waals surface area contributed by atoms with E-state index in [1.54, 1.807) is 13.8 Å². The SMILES string of the molecule is C=C(C)C(=O)OCCCCCNC(=O)OC(COCCC1CC2C3CC(CCOCC(COc4ccccc4)OC(=O)NCCCCCOC(=O)C(=C)C)C(C3)C2C1)COc1ccccc1. The molecule has 3 saturated carbocycles. The minimum absolute atomic E-state index is 0.179. The van der Waals surface area contributed by atoms with Crippen LogP contribution >= 0.6 is 0 Å². The van der Waals surface area contributed by atoms with Crippen molar-refractivity contribution in [3.63, 3.8) is 0 Å². The Bertz CT molecular complexity index is 1790. The maximum Gasteiger partial charge on any atom is 0.407 e. The smallest absolute Gasteiger partial charge is 0.407 e. The van der Waals surface area contributed by atoms with Crippen molar-refractivity contribution < 1.29 is 57.1 Å². The highest BCUT2D eigenvalue weighted by Crippen LogP contribution is 2.63. The summed E-state index contributed by atoms with van der Waals surface area (Å²) in [5, 5.41) is 5.64. The van der Waals surface area contributed by atoms with Crippen molar-refractivity contribution in [1.82, 2.24) is 10.6 Å². The number of amides is 2. The van der Waals surface area contributed by atoms with Crippen molar-refractivity contribution in [2.24, 2.45) is 35.5 Å². The molecule has 66 heavy (non-hydrogen) atoms. The number of esters is 2. The van der Waals surface area contributed by atoms with Gasteiger partial charge in [-0.15, -0.1) is 0 Å². The largest absolute Gasteiger partial charge is 0.490 e. The number of para-hydroxylation sites is 2. The van der Waals surface area contributed by atoms with E-state index < -0.39 is 24.4 Å². The number of hydrogen-bond acceptors (Lipinski definition) is 12. The number of hydrogen-bond donors (Lipinski definition) is 2. The Kier molecular flexibility index (Phi) is 22.7. The second kappa shape index (κ2) is 28.8.